The first-order valence-electron chi connectivity index (χ1n) is 8.57. The monoisotopic (exact) mass is 377 g/mol. The highest BCUT2D eigenvalue weighted by Crippen LogP contribution is 2.35. The molecule has 0 aromatic heterocycles. The lowest BCUT2D eigenvalue weighted by Crippen LogP contribution is -2.24. The summed E-state index contributed by atoms with van der Waals surface area (Å²) in [6.07, 6.45) is 1.67. The molecule has 0 saturated heterocycles. The van der Waals surface area contributed by atoms with Crippen LogP contribution in [0.4, 0.5) is 5.69 Å². The van der Waals surface area contributed by atoms with Crippen molar-refractivity contribution in [2.45, 2.75) is 6.92 Å². The highest BCUT2D eigenvalue weighted by molar-refractivity contribution is 6.23. The number of ether oxygens (including phenoxy) is 2. The Balaban J connectivity index is 2.07. The fraction of sp³-hybridized carbons (Fsp3) is 0.136. The molecule has 28 heavy (non-hydrogen) atoms. The number of amides is 1. The Morgan fingerprint density at radius 1 is 0.893 bits per heavy atom. The number of hydrogen-bond donors (Lipinski definition) is 0. The van der Waals surface area contributed by atoms with Crippen molar-refractivity contribution in [3.05, 3.63) is 82.6 Å². The zero-order valence-electron chi connectivity index (χ0n) is 15.8. The van der Waals surface area contributed by atoms with Gasteiger partial charge in [0.05, 0.1) is 30.9 Å². The fourth-order valence-electron chi connectivity index (χ4n) is 3.07. The molecule has 1 aliphatic heterocycles. The van der Waals surface area contributed by atoms with Crippen LogP contribution in [0.15, 0.2) is 71.4 Å². The van der Waals surface area contributed by atoms with Crippen LogP contribution < -0.4 is 4.90 Å². The van der Waals surface area contributed by atoms with Gasteiger partial charge in [0.25, 0.3) is 5.91 Å². The topological polar surface area (TPSA) is 72.9 Å². The van der Waals surface area contributed by atoms with Crippen molar-refractivity contribution >= 4 is 29.6 Å². The molecule has 0 radical (unpaired) electrons. The number of allylic oxidation sites excluding steroid dienone is 1. The van der Waals surface area contributed by atoms with Gasteiger partial charge in [0.2, 0.25) is 0 Å². The lowest BCUT2D eigenvalue weighted by atomic mass is 10.0. The van der Waals surface area contributed by atoms with Crippen molar-refractivity contribution in [3.8, 4) is 0 Å². The molecule has 0 aliphatic carbocycles. The van der Waals surface area contributed by atoms with Crippen molar-refractivity contribution in [1.82, 2.24) is 0 Å². The van der Waals surface area contributed by atoms with Gasteiger partial charge in [-0.15, -0.1) is 0 Å². The summed E-state index contributed by atoms with van der Waals surface area (Å²) in [7, 11) is 2.58. The normalized spacial score (nSPS) is 15.2. The van der Waals surface area contributed by atoms with Crippen LogP contribution in [-0.2, 0) is 19.1 Å². The molecule has 0 unspecified atom stereocenters. The molecule has 1 heterocycles. The van der Waals surface area contributed by atoms with E-state index in [1.807, 2.05) is 30.3 Å². The molecule has 0 saturated carbocycles. The summed E-state index contributed by atoms with van der Waals surface area (Å²) in [5.74, 6) is -1.39. The van der Waals surface area contributed by atoms with Gasteiger partial charge >= 0.3 is 11.9 Å². The number of esters is 2. The number of benzene rings is 2. The number of rotatable bonds is 4. The maximum atomic E-state index is 13.1. The van der Waals surface area contributed by atoms with E-state index >= 15 is 0 Å². The number of methoxy groups -OCH3 is 2. The maximum absolute atomic E-state index is 13.1. The van der Waals surface area contributed by atoms with Gasteiger partial charge in [0.1, 0.15) is 0 Å². The minimum absolute atomic E-state index is 0.216. The number of anilines is 1. The first kappa shape index (κ1) is 19.1. The fourth-order valence-corrected chi connectivity index (χ4v) is 3.07. The molecule has 142 valence electrons. The lowest BCUT2D eigenvalue weighted by Gasteiger charge is -2.18. The Morgan fingerprint density at radius 2 is 1.50 bits per heavy atom. The molecular formula is C22H19NO5. The van der Waals surface area contributed by atoms with E-state index in [0.29, 0.717) is 16.9 Å². The van der Waals surface area contributed by atoms with E-state index in [9.17, 15) is 14.4 Å². The van der Waals surface area contributed by atoms with Gasteiger partial charge < -0.3 is 9.47 Å². The number of carbonyl (C=O) groups is 3. The summed E-state index contributed by atoms with van der Waals surface area (Å²) >= 11 is 0. The second kappa shape index (κ2) is 7.92. The standard InChI is InChI=1S/C22H19NO5/c1-14-19(22(26)28-3)18(13-15-7-5-4-6-8-15)20(24)23(14)17-11-9-16(10-12-17)21(25)27-2/h4-13H,1-3H3/b18-13-. The average molecular weight is 377 g/mol. The van der Waals surface area contributed by atoms with Crippen LogP contribution in [0.3, 0.4) is 0 Å². The third-order valence-electron chi connectivity index (χ3n) is 4.45. The van der Waals surface area contributed by atoms with E-state index in [-0.39, 0.29) is 17.1 Å². The molecule has 1 aliphatic rings. The SMILES string of the molecule is COC(=O)C1=C(C)N(c2ccc(C(=O)OC)cc2)C(=O)/C1=C\c1ccccc1. The Labute approximate surface area is 162 Å². The first-order chi connectivity index (χ1) is 13.5. The van der Waals surface area contributed by atoms with Crippen LogP contribution in [0.5, 0.6) is 0 Å². The molecule has 0 atom stereocenters. The largest absolute Gasteiger partial charge is 0.465 e. The van der Waals surface area contributed by atoms with Crippen LogP contribution >= 0.6 is 0 Å². The van der Waals surface area contributed by atoms with Crippen LogP contribution in [0.25, 0.3) is 6.08 Å². The van der Waals surface area contributed by atoms with E-state index in [2.05, 4.69) is 0 Å². The van der Waals surface area contributed by atoms with Crippen LogP contribution in [-0.4, -0.2) is 32.1 Å². The van der Waals surface area contributed by atoms with E-state index < -0.39 is 11.9 Å². The maximum Gasteiger partial charge on any atom is 0.340 e. The lowest BCUT2D eigenvalue weighted by molar-refractivity contribution is -0.136. The van der Waals surface area contributed by atoms with Crippen molar-refractivity contribution in [2.24, 2.45) is 0 Å². The van der Waals surface area contributed by atoms with E-state index in [1.165, 1.54) is 19.1 Å². The molecular weight excluding hydrogens is 358 g/mol. The Hall–Kier alpha value is -3.67. The van der Waals surface area contributed by atoms with Crippen LogP contribution in [0, 0.1) is 0 Å². The van der Waals surface area contributed by atoms with Gasteiger partial charge in [-0.25, -0.2) is 9.59 Å². The Bertz CT molecular complexity index is 987. The summed E-state index contributed by atoms with van der Waals surface area (Å²) in [6.45, 7) is 1.68. The highest BCUT2D eigenvalue weighted by Gasteiger charge is 2.37. The van der Waals surface area contributed by atoms with Crippen molar-refractivity contribution in [1.29, 1.82) is 0 Å². The van der Waals surface area contributed by atoms with Gasteiger partial charge in [-0.05, 0) is 42.8 Å². The highest BCUT2D eigenvalue weighted by atomic mass is 16.5. The molecule has 0 fully saturated rings. The number of hydrogen-bond acceptors (Lipinski definition) is 5. The molecule has 0 N–H and O–H groups in total. The summed E-state index contributed by atoms with van der Waals surface area (Å²) in [4.78, 5) is 38.6. The number of carbonyl (C=O) groups excluding carboxylic acids is 3. The zero-order chi connectivity index (χ0) is 20.3. The van der Waals surface area contributed by atoms with Crippen LogP contribution in [0.1, 0.15) is 22.8 Å². The smallest absolute Gasteiger partial charge is 0.340 e. The zero-order valence-corrected chi connectivity index (χ0v) is 15.8. The summed E-state index contributed by atoms with van der Waals surface area (Å²) in [5.41, 5.74) is 2.63. The minimum Gasteiger partial charge on any atom is -0.465 e. The third-order valence-corrected chi connectivity index (χ3v) is 4.45. The summed E-state index contributed by atoms with van der Waals surface area (Å²) in [6, 6.07) is 15.7. The summed E-state index contributed by atoms with van der Waals surface area (Å²) in [5, 5.41) is 0. The molecule has 0 bridgehead atoms. The Kier molecular flexibility index (Phi) is 5.40. The second-order valence-electron chi connectivity index (χ2n) is 6.10. The third kappa shape index (κ3) is 3.44. The molecule has 3 rings (SSSR count). The molecule has 2 aromatic rings. The van der Waals surface area contributed by atoms with Crippen molar-refractivity contribution in [2.75, 3.05) is 19.1 Å². The number of nitrogens with zero attached hydrogens (tertiary/aromatic N) is 1. The van der Waals surface area contributed by atoms with E-state index in [0.717, 1.165) is 5.56 Å². The Morgan fingerprint density at radius 3 is 2.07 bits per heavy atom. The average Bonchev–Trinajstić information content (AvgIpc) is 2.97. The van der Waals surface area contributed by atoms with Gasteiger partial charge in [0, 0.05) is 11.4 Å². The molecule has 6 nitrogen and oxygen atoms in total. The molecule has 2 aromatic carbocycles. The van der Waals surface area contributed by atoms with Gasteiger partial charge in [-0.2, -0.15) is 0 Å². The molecule has 0 spiro atoms. The van der Waals surface area contributed by atoms with E-state index in [4.69, 9.17) is 9.47 Å². The minimum atomic E-state index is -0.582. The molecule has 1 amide bonds. The van der Waals surface area contributed by atoms with Gasteiger partial charge in [-0.3, -0.25) is 9.69 Å². The predicted molar refractivity (Wildman–Crippen MR) is 104 cm³/mol. The summed E-state index contributed by atoms with van der Waals surface area (Å²) < 4.78 is 9.58. The van der Waals surface area contributed by atoms with Crippen molar-refractivity contribution < 1.29 is 23.9 Å². The van der Waals surface area contributed by atoms with E-state index in [1.54, 1.807) is 37.3 Å². The predicted octanol–water partition coefficient (Wildman–Crippen LogP) is 3.35. The molecule has 6 heteroatoms. The van der Waals surface area contributed by atoms with Gasteiger partial charge in [-0.1, -0.05) is 30.3 Å². The van der Waals surface area contributed by atoms with Gasteiger partial charge in [0.15, 0.2) is 0 Å². The quantitative estimate of drug-likeness (QED) is 0.603. The van der Waals surface area contributed by atoms with Crippen LogP contribution in [0.2, 0.25) is 0 Å². The second-order valence-corrected chi connectivity index (χ2v) is 6.10. The first-order valence-corrected chi connectivity index (χ1v) is 8.57. The van der Waals surface area contributed by atoms with Crippen molar-refractivity contribution in [3.63, 3.8) is 0 Å².